The topological polar surface area (TPSA) is 83.4 Å². The first-order valence-electron chi connectivity index (χ1n) is 8.76. The van der Waals surface area contributed by atoms with E-state index in [-0.39, 0.29) is 17.2 Å². The number of pyridine rings is 1. The number of aromatic nitrogens is 1. The first-order valence-corrected chi connectivity index (χ1v) is 8.76. The van der Waals surface area contributed by atoms with E-state index in [2.05, 4.69) is 5.32 Å². The van der Waals surface area contributed by atoms with Gasteiger partial charge in [-0.3, -0.25) is 9.59 Å². The molecule has 1 amide bonds. The Kier molecular flexibility index (Phi) is 6.15. The highest BCUT2D eigenvalue weighted by Gasteiger charge is 2.26. The molecule has 3 N–H and O–H groups in total. The molecule has 2 atom stereocenters. The minimum atomic E-state index is -3.29. The van der Waals surface area contributed by atoms with E-state index in [0.717, 1.165) is 13.1 Å². The summed E-state index contributed by atoms with van der Waals surface area (Å²) in [6.45, 7) is 0.309. The molecule has 2 heterocycles. The van der Waals surface area contributed by atoms with Crippen molar-refractivity contribution in [3.63, 3.8) is 0 Å². The quantitative estimate of drug-likeness (QED) is 0.662. The summed E-state index contributed by atoms with van der Waals surface area (Å²) in [5, 5.41) is 15.1. The molecule has 0 unspecified atom stereocenters. The van der Waals surface area contributed by atoms with Gasteiger partial charge in [0.25, 0.3) is 11.5 Å². The lowest BCUT2D eigenvalue weighted by Gasteiger charge is -2.29. The van der Waals surface area contributed by atoms with E-state index in [4.69, 9.17) is 0 Å². The lowest BCUT2D eigenvalue weighted by molar-refractivity contribution is -0.133. The van der Waals surface area contributed by atoms with Crippen molar-refractivity contribution in [1.29, 1.82) is 0 Å². The summed E-state index contributed by atoms with van der Waals surface area (Å²) < 4.78 is 39.4. The van der Waals surface area contributed by atoms with E-state index >= 15 is 0 Å². The molecule has 2 aromatic rings. The minimum Gasteiger partial charge on any atom is -0.386 e. The molecule has 9 heteroatoms. The van der Waals surface area contributed by atoms with Gasteiger partial charge in [0.05, 0.1) is 12.1 Å². The van der Waals surface area contributed by atoms with E-state index in [1.54, 1.807) is 34.3 Å². The summed E-state index contributed by atoms with van der Waals surface area (Å²) in [5.41, 5.74) is 1.53. The van der Waals surface area contributed by atoms with Crippen LogP contribution in [0.5, 0.6) is 0 Å². The van der Waals surface area contributed by atoms with Crippen LogP contribution in [-0.2, 0) is 4.79 Å². The van der Waals surface area contributed by atoms with Gasteiger partial charge in [-0.05, 0) is 22.8 Å². The number of alkyl halides is 3. The van der Waals surface area contributed by atoms with Crippen LogP contribution in [0.25, 0.3) is 11.1 Å². The second-order valence-corrected chi connectivity index (χ2v) is 6.61. The number of hydrogen-bond donors (Lipinski definition) is 3. The number of benzene rings is 1. The Labute approximate surface area is 159 Å². The third-order valence-electron chi connectivity index (χ3n) is 4.76. The standard InChI is InChI=1S/C19H20F3N3O3/c20-8-15(24-19(28)18(21)22)17(27)12-3-1-11(2-4-12)13-5-6-25(16(26)7-13)14-9-23-10-14/h1-7,14-15,17-18,23,27H,8-10H2,(H,24,28)/t15-,17+/m1/s1. The van der Waals surface area contributed by atoms with Crippen molar-refractivity contribution < 1.29 is 23.1 Å². The molecule has 0 aliphatic carbocycles. The molecule has 1 aliphatic rings. The Morgan fingerprint density at radius 2 is 1.89 bits per heavy atom. The van der Waals surface area contributed by atoms with Crippen LogP contribution in [0.15, 0.2) is 47.4 Å². The number of carbonyl (C=O) groups excluding carboxylic acids is 1. The maximum Gasteiger partial charge on any atom is 0.315 e. The van der Waals surface area contributed by atoms with Crippen LogP contribution in [0.4, 0.5) is 13.2 Å². The molecule has 1 aliphatic heterocycles. The number of aliphatic hydroxyl groups excluding tert-OH is 1. The second kappa shape index (κ2) is 8.57. The average molecular weight is 395 g/mol. The zero-order chi connectivity index (χ0) is 20.3. The van der Waals surface area contributed by atoms with Gasteiger partial charge in [0, 0.05) is 25.4 Å². The third-order valence-corrected chi connectivity index (χ3v) is 4.76. The van der Waals surface area contributed by atoms with E-state index in [9.17, 15) is 27.9 Å². The van der Waals surface area contributed by atoms with Crippen molar-refractivity contribution in [2.45, 2.75) is 24.6 Å². The highest BCUT2D eigenvalue weighted by molar-refractivity contribution is 5.79. The lowest BCUT2D eigenvalue weighted by atomic mass is 9.99. The van der Waals surface area contributed by atoms with Gasteiger partial charge in [0.2, 0.25) is 0 Å². The Morgan fingerprint density at radius 3 is 2.39 bits per heavy atom. The molecule has 1 saturated heterocycles. The lowest BCUT2D eigenvalue weighted by Crippen LogP contribution is -2.46. The van der Waals surface area contributed by atoms with Gasteiger partial charge in [0.15, 0.2) is 0 Å². The maximum atomic E-state index is 13.1. The van der Waals surface area contributed by atoms with Gasteiger partial charge in [-0.15, -0.1) is 0 Å². The number of halogens is 3. The minimum absolute atomic E-state index is 0.125. The zero-order valence-corrected chi connectivity index (χ0v) is 14.8. The molecule has 1 aromatic heterocycles. The van der Waals surface area contributed by atoms with E-state index in [0.29, 0.717) is 11.1 Å². The Morgan fingerprint density at radius 1 is 1.21 bits per heavy atom. The number of nitrogens with zero attached hydrogens (tertiary/aromatic N) is 1. The number of hydrogen-bond acceptors (Lipinski definition) is 4. The summed E-state index contributed by atoms with van der Waals surface area (Å²) in [7, 11) is 0. The van der Waals surface area contributed by atoms with Crippen molar-refractivity contribution in [2.75, 3.05) is 19.8 Å². The molecule has 1 aromatic carbocycles. The summed E-state index contributed by atoms with van der Waals surface area (Å²) in [6, 6.07) is 8.25. The largest absolute Gasteiger partial charge is 0.386 e. The molecule has 3 rings (SSSR count). The van der Waals surface area contributed by atoms with Crippen LogP contribution in [0.2, 0.25) is 0 Å². The van der Waals surface area contributed by atoms with Gasteiger partial charge in [-0.1, -0.05) is 24.3 Å². The molecule has 0 bridgehead atoms. The SMILES string of the molecule is O=C(N[C@H](CF)[C@@H](O)c1ccc(-c2ccn(C3CNC3)c(=O)c2)cc1)C(F)F. The van der Waals surface area contributed by atoms with Crippen LogP contribution in [-0.4, -0.2) is 47.8 Å². The number of carbonyl (C=O) groups is 1. The van der Waals surface area contributed by atoms with Crippen LogP contribution >= 0.6 is 0 Å². The van der Waals surface area contributed by atoms with E-state index in [1.807, 2.05) is 0 Å². The maximum absolute atomic E-state index is 13.1. The Bertz CT molecular complexity index is 882. The monoisotopic (exact) mass is 395 g/mol. The first-order chi connectivity index (χ1) is 13.4. The van der Waals surface area contributed by atoms with E-state index < -0.39 is 31.2 Å². The summed E-state index contributed by atoms with van der Waals surface area (Å²) in [6.07, 6.45) is -3.05. The number of aliphatic hydroxyl groups is 1. The first kappa shape index (κ1) is 20.1. The van der Waals surface area contributed by atoms with Crippen molar-refractivity contribution in [1.82, 2.24) is 15.2 Å². The van der Waals surface area contributed by atoms with Gasteiger partial charge in [-0.2, -0.15) is 8.78 Å². The third kappa shape index (κ3) is 4.26. The highest BCUT2D eigenvalue weighted by Crippen LogP contribution is 2.23. The highest BCUT2D eigenvalue weighted by atomic mass is 19.3. The normalized spacial score (nSPS) is 16.5. The number of rotatable bonds is 7. The van der Waals surface area contributed by atoms with Crippen LogP contribution in [0.3, 0.4) is 0 Å². The van der Waals surface area contributed by atoms with Crippen LogP contribution in [0.1, 0.15) is 17.7 Å². The molecule has 6 nitrogen and oxygen atoms in total. The number of amides is 1. The number of nitrogens with one attached hydrogen (secondary N) is 2. The molecule has 0 radical (unpaired) electrons. The van der Waals surface area contributed by atoms with Crippen molar-refractivity contribution in [3.8, 4) is 11.1 Å². The molecular formula is C19H20F3N3O3. The van der Waals surface area contributed by atoms with Crippen molar-refractivity contribution in [2.24, 2.45) is 0 Å². The Hall–Kier alpha value is -2.65. The zero-order valence-electron chi connectivity index (χ0n) is 14.8. The van der Waals surface area contributed by atoms with Gasteiger partial charge in [0.1, 0.15) is 12.8 Å². The Balaban J connectivity index is 1.74. The molecule has 150 valence electrons. The van der Waals surface area contributed by atoms with Gasteiger partial charge in [-0.25, -0.2) is 4.39 Å². The fraction of sp³-hybridized carbons (Fsp3) is 0.368. The molecule has 28 heavy (non-hydrogen) atoms. The summed E-state index contributed by atoms with van der Waals surface area (Å²) in [4.78, 5) is 23.3. The molecule has 0 spiro atoms. The molecule has 1 fully saturated rings. The molecule has 0 saturated carbocycles. The van der Waals surface area contributed by atoms with Crippen LogP contribution in [0, 0.1) is 0 Å². The fourth-order valence-electron chi connectivity index (χ4n) is 2.99. The predicted octanol–water partition coefficient (Wildman–Crippen LogP) is 1.41. The summed E-state index contributed by atoms with van der Waals surface area (Å²) in [5.74, 6) is -1.64. The van der Waals surface area contributed by atoms with Gasteiger partial charge < -0.3 is 20.3 Å². The van der Waals surface area contributed by atoms with Crippen molar-refractivity contribution in [3.05, 3.63) is 58.5 Å². The average Bonchev–Trinajstić information content (AvgIpc) is 2.65. The van der Waals surface area contributed by atoms with Gasteiger partial charge >= 0.3 is 6.43 Å². The predicted molar refractivity (Wildman–Crippen MR) is 96.9 cm³/mol. The second-order valence-electron chi connectivity index (χ2n) is 6.61. The van der Waals surface area contributed by atoms with Crippen molar-refractivity contribution >= 4 is 5.91 Å². The smallest absolute Gasteiger partial charge is 0.315 e. The molecular weight excluding hydrogens is 375 g/mol. The fourth-order valence-corrected chi connectivity index (χ4v) is 2.99. The van der Waals surface area contributed by atoms with E-state index in [1.165, 1.54) is 18.2 Å². The summed E-state index contributed by atoms with van der Waals surface area (Å²) >= 11 is 0. The van der Waals surface area contributed by atoms with Crippen LogP contribution < -0.4 is 16.2 Å².